The molecular weight excluding hydrogens is 188 g/mol. The number of nitrogens with two attached hydrogens (primary N) is 1. The average Bonchev–Trinajstić information content (AvgIpc) is 2.57. The van der Waals surface area contributed by atoms with Crippen LogP contribution >= 0.6 is 0 Å². The van der Waals surface area contributed by atoms with Gasteiger partial charge in [0.25, 0.3) is 0 Å². The zero-order valence-corrected chi connectivity index (χ0v) is 10.4. The Morgan fingerprint density at radius 2 is 1.87 bits per heavy atom. The van der Waals surface area contributed by atoms with Crippen molar-refractivity contribution in [3.05, 3.63) is 11.6 Å². The molecule has 0 radical (unpaired) electrons. The smallest absolute Gasteiger partial charge is 0.150 e. The third-order valence-corrected chi connectivity index (χ3v) is 2.96. The van der Waals surface area contributed by atoms with Crippen LogP contribution in [0.2, 0.25) is 0 Å². The van der Waals surface area contributed by atoms with E-state index < -0.39 is 0 Å². The van der Waals surface area contributed by atoms with Gasteiger partial charge < -0.3 is 10.3 Å². The molecule has 0 aliphatic carbocycles. The minimum atomic E-state index is -0.0152. The standard InChI is InChI=1S/C11H22N4/c1-6-8(4)10(12)11-14-13-9(5)15(11)7(2)3/h7-8,10H,6,12H2,1-5H3/t8?,10-/m0/s1. The van der Waals surface area contributed by atoms with Crippen molar-refractivity contribution in [2.24, 2.45) is 11.7 Å². The van der Waals surface area contributed by atoms with E-state index in [0.717, 1.165) is 18.1 Å². The topological polar surface area (TPSA) is 56.7 Å². The minimum Gasteiger partial charge on any atom is -0.321 e. The molecular formula is C11H22N4. The fraction of sp³-hybridized carbons (Fsp3) is 0.818. The van der Waals surface area contributed by atoms with Crippen molar-refractivity contribution in [2.75, 3.05) is 0 Å². The van der Waals surface area contributed by atoms with Gasteiger partial charge in [-0.05, 0) is 26.7 Å². The maximum absolute atomic E-state index is 6.18. The molecule has 0 aliphatic heterocycles. The third kappa shape index (κ3) is 2.37. The summed E-state index contributed by atoms with van der Waals surface area (Å²) in [4.78, 5) is 0. The number of aryl methyl sites for hydroxylation is 1. The van der Waals surface area contributed by atoms with Crippen LogP contribution in [0.1, 0.15) is 57.8 Å². The van der Waals surface area contributed by atoms with Gasteiger partial charge in [0.05, 0.1) is 6.04 Å². The number of nitrogens with zero attached hydrogens (tertiary/aromatic N) is 3. The van der Waals surface area contributed by atoms with Gasteiger partial charge in [0.2, 0.25) is 0 Å². The van der Waals surface area contributed by atoms with Crippen LogP contribution in [0.4, 0.5) is 0 Å². The maximum atomic E-state index is 6.18. The predicted molar refractivity (Wildman–Crippen MR) is 61.5 cm³/mol. The van der Waals surface area contributed by atoms with Gasteiger partial charge in [-0.15, -0.1) is 10.2 Å². The van der Waals surface area contributed by atoms with Gasteiger partial charge in [0.1, 0.15) is 11.6 Å². The molecule has 1 heterocycles. The highest BCUT2D eigenvalue weighted by Gasteiger charge is 2.21. The second-order valence-electron chi connectivity index (χ2n) is 4.48. The van der Waals surface area contributed by atoms with Crippen LogP contribution in [0, 0.1) is 12.8 Å². The molecule has 0 spiro atoms. The fourth-order valence-electron chi connectivity index (χ4n) is 1.76. The summed E-state index contributed by atoms with van der Waals surface area (Å²) in [7, 11) is 0. The van der Waals surface area contributed by atoms with E-state index in [1.54, 1.807) is 0 Å². The first-order chi connectivity index (χ1) is 6.99. The van der Waals surface area contributed by atoms with Crippen LogP contribution in [0.25, 0.3) is 0 Å². The Labute approximate surface area is 91.9 Å². The second kappa shape index (κ2) is 4.75. The van der Waals surface area contributed by atoms with E-state index in [1.807, 2.05) is 6.92 Å². The monoisotopic (exact) mass is 210 g/mol. The van der Waals surface area contributed by atoms with Gasteiger partial charge in [0.15, 0.2) is 0 Å². The van der Waals surface area contributed by atoms with Gasteiger partial charge in [-0.3, -0.25) is 0 Å². The molecule has 15 heavy (non-hydrogen) atoms. The van der Waals surface area contributed by atoms with Crippen LogP contribution in [0.5, 0.6) is 0 Å². The highest BCUT2D eigenvalue weighted by atomic mass is 15.3. The highest BCUT2D eigenvalue weighted by molar-refractivity contribution is 5.02. The summed E-state index contributed by atoms with van der Waals surface area (Å²) in [5.41, 5.74) is 6.18. The van der Waals surface area contributed by atoms with Gasteiger partial charge in [0, 0.05) is 6.04 Å². The van der Waals surface area contributed by atoms with E-state index in [2.05, 4.69) is 42.5 Å². The Balaban J connectivity index is 3.03. The summed E-state index contributed by atoms with van der Waals surface area (Å²) in [5, 5.41) is 8.30. The largest absolute Gasteiger partial charge is 0.321 e. The van der Waals surface area contributed by atoms with Crippen LogP contribution in [0.15, 0.2) is 0 Å². The molecule has 4 heteroatoms. The van der Waals surface area contributed by atoms with E-state index in [1.165, 1.54) is 0 Å². The lowest BCUT2D eigenvalue weighted by Gasteiger charge is -2.20. The van der Waals surface area contributed by atoms with Gasteiger partial charge in [-0.25, -0.2) is 0 Å². The molecule has 0 amide bonds. The van der Waals surface area contributed by atoms with E-state index in [9.17, 15) is 0 Å². The zero-order valence-electron chi connectivity index (χ0n) is 10.4. The maximum Gasteiger partial charge on any atom is 0.150 e. The summed E-state index contributed by atoms with van der Waals surface area (Å²) < 4.78 is 2.12. The molecule has 0 saturated heterocycles. The molecule has 0 saturated carbocycles. The molecule has 0 fully saturated rings. The number of hydrogen-bond donors (Lipinski definition) is 1. The van der Waals surface area contributed by atoms with Crippen LogP contribution in [-0.4, -0.2) is 14.8 Å². The lowest BCUT2D eigenvalue weighted by Crippen LogP contribution is -2.24. The molecule has 4 nitrogen and oxygen atoms in total. The SMILES string of the molecule is CCC(C)[C@H](N)c1nnc(C)n1C(C)C. The van der Waals surface area contributed by atoms with E-state index in [-0.39, 0.29) is 6.04 Å². The summed E-state index contributed by atoms with van der Waals surface area (Å²) in [6.45, 7) is 10.5. The fourth-order valence-corrected chi connectivity index (χ4v) is 1.76. The Morgan fingerprint density at radius 3 is 2.33 bits per heavy atom. The molecule has 0 aromatic carbocycles. The van der Waals surface area contributed by atoms with Crippen molar-refractivity contribution < 1.29 is 0 Å². The molecule has 0 bridgehead atoms. The Kier molecular flexibility index (Phi) is 3.85. The third-order valence-electron chi connectivity index (χ3n) is 2.96. The average molecular weight is 210 g/mol. The first kappa shape index (κ1) is 12.2. The first-order valence-electron chi connectivity index (χ1n) is 5.66. The van der Waals surface area contributed by atoms with E-state index >= 15 is 0 Å². The molecule has 1 aromatic rings. The molecule has 1 aromatic heterocycles. The highest BCUT2D eigenvalue weighted by Crippen LogP contribution is 2.23. The summed E-state index contributed by atoms with van der Waals surface area (Å²) in [5.74, 6) is 2.29. The quantitative estimate of drug-likeness (QED) is 0.829. The van der Waals surface area contributed by atoms with Crippen molar-refractivity contribution in [2.45, 2.75) is 53.1 Å². The Bertz CT molecular complexity index is 316. The molecule has 1 rings (SSSR count). The van der Waals surface area contributed by atoms with E-state index in [4.69, 9.17) is 5.73 Å². The van der Waals surface area contributed by atoms with Gasteiger partial charge >= 0.3 is 0 Å². The van der Waals surface area contributed by atoms with Crippen molar-refractivity contribution in [3.63, 3.8) is 0 Å². The Hall–Kier alpha value is -0.900. The first-order valence-corrected chi connectivity index (χ1v) is 5.66. The van der Waals surface area contributed by atoms with Crippen LogP contribution < -0.4 is 5.73 Å². The summed E-state index contributed by atoms with van der Waals surface area (Å²) >= 11 is 0. The molecule has 2 N–H and O–H groups in total. The second-order valence-corrected chi connectivity index (χ2v) is 4.48. The molecule has 1 unspecified atom stereocenters. The summed E-state index contributed by atoms with van der Waals surface area (Å²) in [6, 6.07) is 0.351. The molecule has 2 atom stereocenters. The lowest BCUT2D eigenvalue weighted by atomic mass is 9.99. The predicted octanol–water partition coefficient (Wildman–Crippen LogP) is 2.21. The molecule has 86 valence electrons. The number of aromatic nitrogens is 3. The van der Waals surface area contributed by atoms with Crippen LogP contribution in [0.3, 0.4) is 0 Å². The van der Waals surface area contributed by atoms with Crippen molar-refractivity contribution >= 4 is 0 Å². The minimum absolute atomic E-state index is 0.0152. The normalized spacial score (nSPS) is 15.7. The number of hydrogen-bond acceptors (Lipinski definition) is 3. The molecule has 0 aliphatic rings. The van der Waals surface area contributed by atoms with Gasteiger partial charge in [-0.1, -0.05) is 20.3 Å². The number of rotatable bonds is 4. The van der Waals surface area contributed by atoms with E-state index in [0.29, 0.717) is 12.0 Å². The van der Waals surface area contributed by atoms with Crippen molar-refractivity contribution in [1.29, 1.82) is 0 Å². The summed E-state index contributed by atoms with van der Waals surface area (Å²) in [6.07, 6.45) is 1.06. The lowest BCUT2D eigenvalue weighted by molar-refractivity contribution is 0.410. The van der Waals surface area contributed by atoms with Crippen LogP contribution in [-0.2, 0) is 0 Å². The van der Waals surface area contributed by atoms with Gasteiger partial charge in [-0.2, -0.15) is 0 Å². The Morgan fingerprint density at radius 1 is 1.27 bits per heavy atom. The zero-order chi connectivity index (χ0) is 11.6. The van der Waals surface area contributed by atoms with Crippen molar-refractivity contribution in [1.82, 2.24) is 14.8 Å². The van der Waals surface area contributed by atoms with Crippen molar-refractivity contribution in [3.8, 4) is 0 Å².